The van der Waals surface area contributed by atoms with Gasteiger partial charge in [0.25, 0.3) is 0 Å². The quantitative estimate of drug-likeness (QED) is 0.862. The molecule has 1 saturated heterocycles. The predicted molar refractivity (Wildman–Crippen MR) is 78.0 cm³/mol. The highest BCUT2D eigenvalue weighted by atomic mass is 16.5. The topological polar surface area (TPSA) is 75.5 Å². The van der Waals surface area contributed by atoms with Crippen molar-refractivity contribution in [2.45, 2.75) is 45.3 Å². The van der Waals surface area contributed by atoms with Crippen LogP contribution in [0.3, 0.4) is 0 Å². The maximum atomic E-state index is 10.5. The fraction of sp³-hybridized carbons (Fsp3) is 0.667. The third-order valence-corrected chi connectivity index (χ3v) is 4.01. The number of nitrogens with zero attached hydrogens (tertiary/aromatic N) is 3. The normalized spacial score (nSPS) is 18.6. The van der Waals surface area contributed by atoms with Gasteiger partial charge in [0.05, 0.1) is 36.6 Å². The molecule has 0 aliphatic carbocycles. The van der Waals surface area contributed by atoms with Crippen LogP contribution in [0.15, 0.2) is 12.4 Å². The van der Waals surface area contributed by atoms with Gasteiger partial charge < -0.3 is 9.84 Å². The molecular formula is C15H23N3O3. The maximum absolute atomic E-state index is 10.5. The van der Waals surface area contributed by atoms with E-state index in [0.29, 0.717) is 6.61 Å². The lowest BCUT2D eigenvalue weighted by Gasteiger charge is -2.35. The highest BCUT2D eigenvalue weighted by molar-refractivity contribution is 5.66. The van der Waals surface area contributed by atoms with Crippen molar-refractivity contribution in [2.75, 3.05) is 19.7 Å². The van der Waals surface area contributed by atoms with Crippen LogP contribution in [0.5, 0.6) is 0 Å². The molecule has 6 heteroatoms. The minimum absolute atomic E-state index is 0.0788. The van der Waals surface area contributed by atoms with Crippen molar-refractivity contribution in [1.82, 2.24) is 14.9 Å². The number of carboxylic acids is 1. The fourth-order valence-corrected chi connectivity index (χ4v) is 2.74. The van der Waals surface area contributed by atoms with E-state index in [-0.39, 0.29) is 18.6 Å². The molecule has 1 N–H and O–H groups in total. The van der Waals surface area contributed by atoms with Crippen LogP contribution in [-0.2, 0) is 9.53 Å². The summed E-state index contributed by atoms with van der Waals surface area (Å²) in [7, 11) is 0. The Kier molecular flexibility index (Phi) is 5.64. The molecule has 116 valence electrons. The van der Waals surface area contributed by atoms with E-state index < -0.39 is 5.97 Å². The number of aryl methyl sites for hydroxylation is 1. The molecule has 2 heterocycles. The molecule has 1 aliphatic heterocycles. The lowest BCUT2D eigenvalue weighted by molar-refractivity contribution is -0.138. The molecule has 0 saturated carbocycles. The number of carboxylic acid groups (broad SMARTS) is 1. The molecule has 1 aromatic heterocycles. The first-order valence-electron chi connectivity index (χ1n) is 7.43. The third kappa shape index (κ3) is 4.47. The lowest BCUT2D eigenvalue weighted by atomic mass is 10.0. The Labute approximate surface area is 125 Å². The minimum Gasteiger partial charge on any atom is -0.481 e. The summed E-state index contributed by atoms with van der Waals surface area (Å²) in [6.07, 6.45) is 5.58. The number of hydrogen-bond donors (Lipinski definition) is 1. The van der Waals surface area contributed by atoms with Crippen LogP contribution in [-0.4, -0.2) is 51.7 Å². The molecule has 1 aromatic rings. The van der Waals surface area contributed by atoms with Crippen LogP contribution in [0.25, 0.3) is 0 Å². The number of aliphatic carboxylic acids is 1. The average molecular weight is 293 g/mol. The highest BCUT2D eigenvalue weighted by Crippen LogP contribution is 2.25. The summed E-state index contributed by atoms with van der Waals surface area (Å²) >= 11 is 0. The van der Waals surface area contributed by atoms with Gasteiger partial charge in [0.2, 0.25) is 0 Å². The first-order chi connectivity index (χ1) is 10.1. The molecule has 1 unspecified atom stereocenters. The molecule has 0 spiro atoms. The van der Waals surface area contributed by atoms with Crippen molar-refractivity contribution >= 4 is 5.97 Å². The zero-order chi connectivity index (χ0) is 15.2. The van der Waals surface area contributed by atoms with Gasteiger partial charge in [-0.2, -0.15) is 0 Å². The molecule has 0 bridgehead atoms. The molecule has 2 rings (SSSR count). The Hall–Kier alpha value is -1.53. The van der Waals surface area contributed by atoms with Crippen molar-refractivity contribution in [3.8, 4) is 0 Å². The van der Waals surface area contributed by atoms with Gasteiger partial charge >= 0.3 is 5.97 Å². The number of carbonyl (C=O) groups is 1. The molecular weight excluding hydrogens is 270 g/mol. The van der Waals surface area contributed by atoms with E-state index in [4.69, 9.17) is 9.84 Å². The number of ether oxygens (including phenoxy) is 1. The largest absolute Gasteiger partial charge is 0.481 e. The van der Waals surface area contributed by atoms with Crippen molar-refractivity contribution in [3.63, 3.8) is 0 Å². The number of aromatic nitrogens is 2. The van der Waals surface area contributed by atoms with Crippen molar-refractivity contribution < 1.29 is 14.6 Å². The Morgan fingerprint density at radius 1 is 1.43 bits per heavy atom. The zero-order valence-corrected chi connectivity index (χ0v) is 12.7. The number of hydrogen-bond acceptors (Lipinski definition) is 5. The molecule has 0 aromatic carbocycles. The second-order valence-electron chi connectivity index (χ2n) is 5.45. The van der Waals surface area contributed by atoms with E-state index >= 15 is 0 Å². The van der Waals surface area contributed by atoms with Crippen LogP contribution in [0.2, 0.25) is 0 Å². The van der Waals surface area contributed by atoms with E-state index in [9.17, 15) is 4.79 Å². The first-order valence-corrected chi connectivity index (χ1v) is 7.43. The smallest absolute Gasteiger partial charge is 0.305 e. The maximum Gasteiger partial charge on any atom is 0.305 e. The third-order valence-electron chi connectivity index (χ3n) is 4.01. The molecule has 1 fully saturated rings. The Morgan fingerprint density at radius 2 is 2.10 bits per heavy atom. The number of likely N-dealkylation sites (tertiary alicyclic amines) is 1. The minimum atomic E-state index is -0.806. The summed E-state index contributed by atoms with van der Waals surface area (Å²) < 4.78 is 5.62. The molecule has 0 amide bonds. The van der Waals surface area contributed by atoms with Crippen LogP contribution in [0, 0.1) is 6.92 Å². The second kappa shape index (κ2) is 7.47. The van der Waals surface area contributed by atoms with Crippen molar-refractivity contribution in [1.29, 1.82) is 0 Å². The van der Waals surface area contributed by atoms with Crippen LogP contribution >= 0.6 is 0 Å². The fourth-order valence-electron chi connectivity index (χ4n) is 2.74. The van der Waals surface area contributed by atoms with Crippen LogP contribution < -0.4 is 0 Å². The monoisotopic (exact) mass is 293 g/mol. The Bertz CT molecular complexity index is 473. The molecule has 6 nitrogen and oxygen atoms in total. The molecule has 1 aliphatic rings. The van der Waals surface area contributed by atoms with Gasteiger partial charge in [-0.05, 0) is 26.7 Å². The van der Waals surface area contributed by atoms with Gasteiger partial charge in [0, 0.05) is 25.5 Å². The van der Waals surface area contributed by atoms with Gasteiger partial charge in [-0.15, -0.1) is 0 Å². The van der Waals surface area contributed by atoms with E-state index in [1.807, 2.05) is 6.92 Å². The number of rotatable bonds is 6. The highest BCUT2D eigenvalue weighted by Gasteiger charge is 2.25. The average Bonchev–Trinajstić information content (AvgIpc) is 2.47. The second-order valence-corrected chi connectivity index (χ2v) is 5.45. The summed E-state index contributed by atoms with van der Waals surface area (Å²) in [6.45, 7) is 6.33. The van der Waals surface area contributed by atoms with Crippen LogP contribution in [0.4, 0.5) is 0 Å². The van der Waals surface area contributed by atoms with Crippen molar-refractivity contribution in [2.24, 2.45) is 0 Å². The zero-order valence-electron chi connectivity index (χ0n) is 12.7. The Morgan fingerprint density at radius 3 is 2.71 bits per heavy atom. The molecule has 1 atom stereocenters. The molecule has 0 radical (unpaired) electrons. The first kappa shape index (κ1) is 15.9. The van der Waals surface area contributed by atoms with Gasteiger partial charge in [0.1, 0.15) is 0 Å². The predicted octanol–water partition coefficient (Wildman–Crippen LogP) is 1.80. The summed E-state index contributed by atoms with van der Waals surface area (Å²) in [6, 6.07) is 0.249. The Balaban J connectivity index is 1.81. The van der Waals surface area contributed by atoms with Crippen LogP contribution in [0.1, 0.15) is 43.6 Å². The molecule has 21 heavy (non-hydrogen) atoms. The standard InChI is InChI=1S/C15H23N3O3/c1-11-15(17-7-6-16-11)12(2)18-8-3-13(4-9-18)21-10-5-14(19)20/h6-7,12-13H,3-5,8-10H2,1-2H3,(H,19,20). The lowest BCUT2D eigenvalue weighted by Crippen LogP contribution is -2.39. The summed E-state index contributed by atoms with van der Waals surface area (Å²) in [4.78, 5) is 21.6. The number of piperidine rings is 1. The summed E-state index contributed by atoms with van der Waals surface area (Å²) in [5, 5.41) is 8.61. The van der Waals surface area contributed by atoms with Gasteiger partial charge in [-0.1, -0.05) is 0 Å². The van der Waals surface area contributed by atoms with Crippen molar-refractivity contribution in [3.05, 3.63) is 23.8 Å². The summed E-state index contributed by atoms with van der Waals surface area (Å²) in [5.41, 5.74) is 2.01. The van der Waals surface area contributed by atoms with Gasteiger partial charge in [-0.3, -0.25) is 19.7 Å². The summed E-state index contributed by atoms with van der Waals surface area (Å²) in [5.74, 6) is -0.806. The van der Waals surface area contributed by atoms with Gasteiger partial charge in [0.15, 0.2) is 0 Å². The van der Waals surface area contributed by atoms with Gasteiger partial charge in [-0.25, -0.2) is 0 Å². The van der Waals surface area contributed by atoms with E-state index in [1.54, 1.807) is 12.4 Å². The van der Waals surface area contributed by atoms with E-state index in [2.05, 4.69) is 21.8 Å². The van der Waals surface area contributed by atoms with E-state index in [1.165, 1.54) is 0 Å². The van der Waals surface area contributed by atoms with E-state index in [0.717, 1.165) is 37.3 Å². The SMILES string of the molecule is Cc1nccnc1C(C)N1CCC(OCCC(=O)O)CC1.